The van der Waals surface area contributed by atoms with Gasteiger partial charge in [-0.15, -0.1) is 34.2 Å². The molecule has 0 unspecified atom stereocenters. The van der Waals surface area contributed by atoms with Crippen molar-refractivity contribution in [3.63, 3.8) is 0 Å². The number of aliphatic imine (C=N–C) groups is 1. The molecule has 2 N–H and O–H groups in total. The Morgan fingerprint density at radius 3 is 2.59 bits per heavy atom. The van der Waals surface area contributed by atoms with Crippen LogP contribution in [0, 0.1) is 0 Å². The van der Waals surface area contributed by atoms with Gasteiger partial charge in [0.25, 0.3) is 0 Å². The van der Waals surface area contributed by atoms with Gasteiger partial charge in [0.15, 0.2) is 5.96 Å². The van der Waals surface area contributed by atoms with Crippen LogP contribution in [0.15, 0.2) is 11.3 Å². The number of aromatic nitrogens is 3. The van der Waals surface area contributed by atoms with E-state index >= 15 is 0 Å². The van der Waals surface area contributed by atoms with Crippen molar-refractivity contribution in [3.05, 3.63) is 12.2 Å². The molecule has 0 spiro atoms. The third kappa shape index (κ3) is 7.18. The highest BCUT2D eigenvalue weighted by atomic mass is 127. The van der Waals surface area contributed by atoms with Crippen molar-refractivity contribution >= 4 is 40.0 Å². The van der Waals surface area contributed by atoms with E-state index in [0.717, 1.165) is 44.1 Å². The number of hydrogen-bond acceptors (Lipinski definition) is 5. The molecule has 0 amide bonds. The van der Waals surface area contributed by atoms with Gasteiger partial charge in [-0.3, -0.25) is 4.99 Å². The van der Waals surface area contributed by atoms with Gasteiger partial charge >= 0.3 is 0 Å². The molecular weight excluding hydrogens is 481 g/mol. The fourth-order valence-corrected chi connectivity index (χ4v) is 4.12. The Hall–Kier alpha value is -0.950. The Kier molecular flexibility index (Phi) is 10.5. The van der Waals surface area contributed by atoms with Crippen molar-refractivity contribution in [2.75, 3.05) is 31.9 Å². The third-order valence-electron chi connectivity index (χ3n) is 4.52. The minimum atomic E-state index is -3.08. The van der Waals surface area contributed by atoms with Gasteiger partial charge < -0.3 is 15.2 Å². The average Bonchev–Trinajstić information content (AvgIpc) is 3.10. The first-order valence-electron chi connectivity index (χ1n) is 9.39. The van der Waals surface area contributed by atoms with Crippen molar-refractivity contribution in [3.8, 4) is 0 Å². The van der Waals surface area contributed by atoms with Gasteiger partial charge in [-0.05, 0) is 26.7 Å². The summed E-state index contributed by atoms with van der Waals surface area (Å²) in [5.41, 5.74) is 0. The van der Waals surface area contributed by atoms with E-state index in [1.165, 1.54) is 0 Å². The molecule has 2 heterocycles. The molecule has 2 rings (SSSR count). The predicted octanol–water partition coefficient (Wildman–Crippen LogP) is 0.828. The second-order valence-electron chi connectivity index (χ2n) is 6.27. The Labute approximate surface area is 179 Å². The number of sulfonamides is 1. The summed E-state index contributed by atoms with van der Waals surface area (Å²) in [5, 5.41) is 14.7. The van der Waals surface area contributed by atoms with E-state index in [1.54, 1.807) is 17.6 Å². The van der Waals surface area contributed by atoms with Gasteiger partial charge in [0.2, 0.25) is 10.0 Å². The van der Waals surface area contributed by atoms with Crippen LogP contribution in [0.2, 0.25) is 0 Å². The van der Waals surface area contributed by atoms with E-state index in [4.69, 9.17) is 0 Å². The fourth-order valence-electron chi connectivity index (χ4n) is 2.98. The van der Waals surface area contributed by atoms with Crippen LogP contribution in [-0.2, 0) is 23.0 Å². The monoisotopic (exact) mass is 513 g/mol. The molecule has 0 radical (unpaired) electrons. The topological polar surface area (TPSA) is 105 Å². The maximum Gasteiger partial charge on any atom is 0.213 e. The van der Waals surface area contributed by atoms with Crippen LogP contribution in [0.4, 0.5) is 0 Å². The van der Waals surface area contributed by atoms with Crippen molar-refractivity contribution in [2.24, 2.45) is 4.99 Å². The average molecular weight is 513 g/mol. The van der Waals surface area contributed by atoms with E-state index in [1.807, 2.05) is 11.5 Å². The molecule has 1 aliphatic rings. The Bertz CT molecular complexity index is 685. The molecule has 0 aliphatic carbocycles. The predicted molar refractivity (Wildman–Crippen MR) is 118 cm³/mol. The van der Waals surface area contributed by atoms with Crippen LogP contribution in [0.1, 0.15) is 39.4 Å². The van der Waals surface area contributed by atoms with Crippen LogP contribution < -0.4 is 10.6 Å². The summed E-state index contributed by atoms with van der Waals surface area (Å²) in [6, 6.07) is 0.234. The van der Waals surface area contributed by atoms with Crippen molar-refractivity contribution in [2.45, 2.75) is 52.6 Å². The van der Waals surface area contributed by atoms with Crippen LogP contribution in [0.5, 0.6) is 0 Å². The molecule has 1 fully saturated rings. The van der Waals surface area contributed by atoms with Crippen molar-refractivity contribution in [1.29, 1.82) is 0 Å². The maximum atomic E-state index is 11.9. The Balaban J connectivity index is 0.00000364. The number of aryl methyl sites for hydroxylation is 1. The number of nitrogens with zero attached hydrogens (tertiary/aromatic N) is 5. The molecule has 156 valence electrons. The maximum absolute atomic E-state index is 11.9. The summed E-state index contributed by atoms with van der Waals surface area (Å²) in [4.78, 5) is 4.63. The van der Waals surface area contributed by atoms with Crippen LogP contribution in [-0.4, -0.2) is 71.4 Å². The first kappa shape index (κ1) is 24.1. The van der Waals surface area contributed by atoms with Gasteiger partial charge in [0.05, 0.1) is 12.3 Å². The van der Waals surface area contributed by atoms with Gasteiger partial charge in [-0.1, -0.05) is 6.92 Å². The van der Waals surface area contributed by atoms with E-state index in [-0.39, 0.29) is 35.8 Å². The molecule has 0 aromatic carbocycles. The molecule has 9 nitrogen and oxygen atoms in total. The molecular formula is C16H32IN7O2S. The molecule has 1 aliphatic heterocycles. The van der Waals surface area contributed by atoms with Crippen LogP contribution in [0.25, 0.3) is 0 Å². The molecule has 11 heteroatoms. The highest BCUT2D eigenvalue weighted by molar-refractivity contribution is 14.0. The normalized spacial score (nSPS) is 16.8. The van der Waals surface area contributed by atoms with Gasteiger partial charge in [0.1, 0.15) is 12.2 Å². The van der Waals surface area contributed by atoms with Crippen LogP contribution in [0.3, 0.4) is 0 Å². The van der Waals surface area contributed by atoms with Crippen molar-refractivity contribution in [1.82, 2.24) is 29.7 Å². The first-order chi connectivity index (χ1) is 12.5. The van der Waals surface area contributed by atoms with E-state index < -0.39 is 10.0 Å². The summed E-state index contributed by atoms with van der Waals surface area (Å²) >= 11 is 0. The Morgan fingerprint density at radius 2 is 2.00 bits per heavy atom. The molecule has 1 aromatic heterocycles. The number of hydrogen-bond donors (Lipinski definition) is 2. The number of nitrogens with one attached hydrogen (secondary N) is 2. The zero-order valence-electron chi connectivity index (χ0n) is 16.4. The lowest BCUT2D eigenvalue weighted by molar-refractivity contribution is 0.306. The zero-order chi connectivity index (χ0) is 19.0. The highest BCUT2D eigenvalue weighted by Gasteiger charge is 2.26. The summed E-state index contributed by atoms with van der Waals surface area (Å²) in [6.45, 7) is 9.05. The van der Waals surface area contributed by atoms with E-state index in [9.17, 15) is 8.42 Å². The molecule has 1 saturated heterocycles. The number of guanidine groups is 1. The van der Waals surface area contributed by atoms with Crippen molar-refractivity contribution < 1.29 is 8.42 Å². The van der Waals surface area contributed by atoms with E-state index in [0.29, 0.717) is 19.6 Å². The second-order valence-corrected chi connectivity index (χ2v) is 8.53. The lowest BCUT2D eigenvalue weighted by Crippen LogP contribution is -2.50. The molecule has 0 bridgehead atoms. The standard InChI is InChI=1S/C16H31N7O2S.HI/c1-4-15-21-19-13-22(15)12-9-18-16(17-5-2)20-14-7-10-23(11-8-14)26(24,25)6-3;/h13-14H,4-12H2,1-3H3,(H2,17,18,20);1H. The minimum absolute atomic E-state index is 0. The minimum Gasteiger partial charge on any atom is -0.357 e. The van der Waals surface area contributed by atoms with E-state index in [2.05, 4.69) is 32.7 Å². The third-order valence-corrected chi connectivity index (χ3v) is 6.40. The summed E-state index contributed by atoms with van der Waals surface area (Å²) in [7, 11) is -3.08. The zero-order valence-corrected chi connectivity index (χ0v) is 19.5. The Morgan fingerprint density at radius 1 is 1.30 bits per heavy atom. The molecule has 27 heavy (non-hydrogen) atoms. The highest BCUT2D eigenvalue weighted by Crippen LogP contribution is 2.14. The largest absolute Gasteiger partial charge is 0.357 e. The number of piperidine rings is 1. The SMILES string of the molecule is CCNC(=NCCn1cnnc1CC)NC1CCN(S(=O)(=O)CC)CC1.I. The van der Waals surface area contributed by atoms with Gasteiger partial charge in [0, 0.05) is 38.6 Å². The summed E-state index contributed by atoms with van der Waals surface area (Å²) in [5.74, 6) is 1.90. The second kappa shape index (κ2) is 11.8. The van der Waals surface area contributed by atoms with Gasteiger partial charge in [-0.25, -0.2) is 12.7 Å². The summed E-state index contributed by atoms with van der Waals surface area (Å²) < 4.78 is 27.5. The molecule has 0 atom stereocenters. The first-order valence-corrected chi connectivity index (χ1v) is 11.0. The lowest BCUT2D eigenvalue weighted by atomic mass is 10.1. The fraction of sp³-hybridized carbons (Fsp3) is 0.812. The lowest BCUT2D eigenvalue weighted by Gasteiger charge is -2.32. The summed E-state index contributed by atoms with van der Waals surface area (Å²) in [6.07, 6.45) is 4.16. The molecule has 0 saturated carbocycles. The quantitative estimate of drug-likeness (QED) is 0.303. The van der Waals surface area contributed by atoms with Gasteiger partial charge in [-0.2, -0.15) is 0 Å². The smallest absolute Gasteiger partial charge is 0.213 e. The number of halogens is 1. The van der Waals surface area contributed by atoms with Crippen LogP contribution >= 0.6 is 24.0 Å². The molecule has 1 aromatic rings. The number of rotatable bonds is 8.